The van der Waals surface area contributed by atoms with E-state index in [4.69, 9.17) is 0 Å². The van der Waals surface area contributed by atoms with E-state index in [1.54, 1.807) is 20.0 Å². The van der Waals surface area contributed by atoms with E-state index in [-0.39, 0.29) is 18.2 Å². The molecule has 0 radical (unpaired) electrons. The maximum absolute atomic E-state index is 12.8. The largest absolute Gasteiger partial charge is 0.623 e. The predicted octanol–water partition coefficient (Wildman–Crippen LogP) is 3.02. The summed E-state index contributed by atoms with van der Waals surface area (Å²) < 4.78 is 38.7. The summed E-state index contributed by atoms with van der Waals surface area (Å²) in [6, 6.07) is 6.28. The number of amides is 1. The number of carbonyl (C=O) groups excluding carboxylic acids is 1. The standard InChI is InChI=1S/C21H19F3N4O2/c1-14-13-17(15-6-8-16(9-7-15)21(22,23)24)26-18(25-14)5-4-10-20(28(3)30)11-12-27(2)19(20)29/h6-9,13H,3,10-12H2,1-2H3/t20-/m0/s1. The van der Waals surface area contributed by atoms with E-state index in [2.05, 4.69) is 28.5 Å². The van der Waals surface area contributed by atoms with Crippen molar-refractivity contribution in [2.75, 3.05) is 13.6 Å². The topological polar surface area (TPSA) is 72.2 Å². The number of hydrogen-bond donors (Lipinski definition) is 0. The number of nitrogens with zero attached hydrogens (tertiary/aromatic N) is 4. The molecule has 156 valence electrons. The van der Waals surface area contributed by atoms with Gasteiger partial charge in [0.2, 0.25) is 5.82 Å². The van der Waals surface area contributed by atoms with E-state index in [1.165, 1.54) is 17.0 Å². The number of aromatic nitrogens is 2. The van der Waals surface area contributed by atoms with Gasteiger partial charge in [-0.05, 0) is 31.0 Å². The number of rotatable bonds is 3. The number of carbonyl (C=O) groups is 1. The van der Waals surface area contributed by atoms with Crippen molar-refractivity contribution in [3.05, 3.63) is 52.6 Å². The molecule has 1 saturated heterocycles. The van der Waals surface area contributed by atoms with Crippen LogP contribution in [0.4, 0.5) is 13.2 Å². The molecule has 0 spiro atoms. The number of halogens is 3. The first-order valence-corrected chi connectivity index (χ1v) is 9.08. The Labute approximate surface area is 171 Å². The fourth-order valence-electron chi connectivity index (χ4n) is 3.27. The Kier molecular flexibility index (Phi) is 5.53. The van der Waals surface area contributed by atoms with Crippen LogP contribution >= 0.6 is 0 Å². The van der Waals surface area contributed by atoms with Crippen LogP contribution in [-0.2, 0) is 11.0 Å². The van der Waals surface area contributed by atoms with Gasteiger partial charge in [0, 0.05) is 31.3 Å². The predicted molar refractivity (Wildman–Crippen MR) is 104 cm³/mol. The van der Waals surface area contributed by atoms with Crippen LogP contribution in [-0.4, -0.2) is 51.4 Å². The lowest BCUT2D eigenvalue weighted by atomic mass is 9.94. The molecule has 1 aliphatic rings. The Hall–Kier alpha value is -3.41. The third-order valence-electron chi connectivity index (χ3n) is 5.03. The molecule has 6 nitrogen and oxygen atoms in total. The fraction of sp³-hybridized carbons (Fsp3) is 0.333. The zero-order valence-electron chi connectivity index (χ0n) is 16.5. The Morgan fingerprint density at radius 3 is 2.50 bits per heavy atom. The highest BCUT2D eigenvalue weighted by Crippen LogP contribution is 2.31. The molecule has 1 aromatic heterocycles. The molecule has 1 aliphatic heterocycles. The van der Waals surface area contributed by atoms with E-state index >= 15 is 0 Å². The second kappa shape index (κ2) is 7.78. The summed E-state index contributed by atoms with van der Waals surface area (Å²) >= 11 is 0. The molecule has 1 fully saturated rings. The first-order valence-electron chi connectivity index (χ1n) is 9.08. The third-order valence-corrected chi connectivity index (χ3v) is 5.03. The smallest absolute Gasteiger partial charge is 0.416 e. The summed E-state index contributed by atoms with van der Waals surface area (Å²) in [6.07, 6.45) is -4.13. The van der Waals surface area contributed by atoms with E-state index in [0.717, 1.165) is 12.1 Å². The number of hydrogen-bond acceptors (Lipinski definition) is 4. The van der Waals surface area contributed by atoms with Crippen LogP contribution in [0.5, 0.6) is 0 Å². The van der Waals surface area contributed by atoms with Crippen molar-refractivity contribution in [3.63, 3.8) is 0 Å². The second-order valence-electron chi connectivity index (χ2n) is 7.16. The molecule has 1 atom stereocenters. The Morgan fingerprint density at radius 1 is 1.30 bits per heavy atom. The lowest BCUT2D eigenvalue weighted by molar-refractivity contribution is -0.521. The summed E-state index contributed by atoms with van der Waals surface area (Å²) in [6.45, 7) is 5.50. The average molecular weight is 416 g/mol. The maximum atomic E-state index is 12.8. The number of likely N-dealkylation sites (N-methyl/N-ethyl adjacent to an activating group) is 1. The first-order chi connectivity index (χ1) is 14.0. The summed E-state index contributed by atoms with van der Waals surface area (Å²) in [7, 11) is 1.61. The molecule has 0 saturated carbocycles. The summed E-state index contributed by atoms with van der Waals surface area (Å²) in [5.41, 5.74) is -0.581. The van der Waals surface area contributed by atoms with Crippen LogP contribution in [0, 0.1) is 24.0 Å². The average Bonchev–Trinajstić information content (AvgIpc) is 2.97. The van der Waals surface area contributed by atoms with Gasteiger partial charge in [0.15, 0.2) is 0 Å². The number of likely N-dealkylation sites (tertiary alicyclic amines) is 1. The van der Waals surface area contributed by atoms with Crippen LogP contribution in [0.15, 0.2) is 30.3 Å². The zero-order valence-corrected chi connectivity index (χ0v) is 16.5. The number of hydroxylamine groups is 1. The summed E-state index contributed by atoms with van der Waals surface area (Å²) in [5.74, 6) is 5.37. The Morgan fingerprint density at radius 2 is 1.97 bits per heavy atom. The number of alkyl halides is 3. The van der Waals surface area contributed by atoms with Crippen molar-refractivity contribution >= 4 is 12.6 Å². The fourth-order valence-corrected chi connectivity index (χ4v) is 3.27. The number of benzene rings is 1. The second-order valence-corrected chi connectivity index (χ2v) is 7.16. The van der Waals surface area contributed by atoms with E-state index in [0.29, 0.717) is 34.7 Å². The van der Waals surface area contributed by atoms with Crippen LogP contribution in [0.25, 0.3) is 11.3 Å². The van der Waals surface area contributed by atoms with Gasteiger partial charge < -0.3 is 10.1 Å². The molecule has 0 aliphatic carbocycles. The summed E-state index contributed by atoms with van der Waals surface area (Å²) in [4.78, 5) is 22.3. The summed E-state index contributed by atoms with van der Waals surface area (Å²) in [5, 5.41) is 11.9. The van der Waals surface area contributed by atoms with Crippen LogP contribution < -0.4 is 0 Å². The minimum atomic E-state index is -4.41. The van der Waals surface area contributed by atoms with Gasteiger partial charge >= 0.3 is 6.18 Å². The van der Waals surface area contributed by atoms with Crippen molar-refractivity contribution in [1.29, 1.82) is 0 Å². The lowest BCUT2D eigenvalue weighted by Gasteiger charge is -2.22. The molecule has 30 heavy (non-hydrogen) atoms. The molecule has 9 heteroatoms. The highest BCUT2D eigenvalue weighted by atomic mass is 19.4. The Balaban J connectivity index is 1.87. The van der Waals surface area contributed by atoms with E-state index in [9.17, 15) is 23.2 Å². The minimum absolute atomic E-state index is 0.0317. The molecule has 0 bridgehead atoms. The third kappa shape index (κ3) is 4.13. The van der Waals surface area contributed by atoms with Gasteiger partial charge in [-0.3, -0.25) is 4.79 Å². The van der Waals surface area contributed by atoms with Crippen molar-refractivity contribution < 1.29 is 22.7 Å². The van der Waals surface area contributed by atoms with Gasteiger partial charge in [0.1, 0.15) is 6.72 Å². The van der Waals surface area contributed by atoms with Gasteiger partial charge in [-0.15, -0.1) is 0 Å². The van der Waals surface area contributed by atoms with Gasteiger partial charge in [0.05, 0.1) is 17.7 Å². The highest BCUT2D eigenvalue weighted by Gasteiger charge is 2.52. The zero-order chi connectivity index (χ0) is 22.1. The highest BCUT2D eigenvalue weighted by molar-refractivity contribution is 5.87. The quantitative estimate of drug-likeness (QED) is 0.254. The van der Waals surface area contributed by atoms with Crippen molar-refractivity contribution in [1.82, 2.24) is 14.9 Å². The first kappa shape index (κ1) is 21.3. The van der Waals surface area contributed by atoms with E-state index in [1.807, 2.05) is 0 Å². The minimum Gasteiger partial charge on any atom is -0.623 e. The van der Waals surface area contributed by atoms with Crippen molar-refractivity contribution in [2.24, 2.45) is 0 Å². The normalized spacial score (nSPS) is 18.8. The molecule has 2 aromatic rings. The monoisotopic (exact) mass is 416 g/mol. The molecule has 1 aromatic carbocycles. The number of aryl methyl sites for hydroxylation is 1. The van der Waals surface area contributed by atoms with Crippen molar-refractivity contribution in [2.45, 2.75) is 31.5 Å². The molecule has 1 amide bonds. The lowest BCUT2D eigenvalue weighted by Crippen LogP contribution is -2.46. The maximum Gasteiger partial charge on any atom is 0.416 e. The molecule has 0 N–H and O–H groups in total. The molecular weight excluding hydrogens is 397 g/mol. The SMILES string of the molecule is C=[N+]([O-])[C@@]1(CC#Cc2nc(C)cc(-c3ccc(C(F)(F)F)cc3)n2)CCN(C)C1=O. The van der Waals surface area contributed by atoms with Gasteiger partial charge in [-0.1, -0.05) is 18.1 Å². The van der Waals surface area contributed by atoms with Gasteiger partial charge in [0.25, 0.3) is 11.4 Å². The van der Waals surface area contributed by atoms with Crippen LogP contribution in [0.2, 0.25) is 0 Å². The Bertz CT molecular complexity index is 1050. The molecular formula is C21H19F3N4O2. The molecule has 2 heterocycles. The van der Waals surface area contributed by atoms with Crippen molar-refractivity contribution in [3.8, 4) is 23.1 Å². The van der Waals surface area contributed by atoms with Gasteiger partial charge in [-0.2, -0.15) is 13.2 Å². The molecule has 0 unspecified atom stereocenters. The van der Waals surface area contributed by atoms with Crippen LogP contribution in [0.1, 0.15) is 29.9 Å². The van der Waals surface area contributed by atoms with Crippen LogP contribution in [0.3, 0.4) is 0 Å². The van der Waals surface area contributed by atoms with E-state index < -0.39 is 17.3 Å². The molecule has 3 rings (SSSR count). The van der Waals surface area contributed by atoms with Gasteiger partial charge in [-0.25, -0.2) is 14.7 Å².